The second-order valence-corrected chi connectivity index (χ2v) is 3.95. The fourth-order valence-electron chi connectivity index (χ4n) is 1.63. The largest absolute Gasteiger partial charge is 0.479 e. The molecule has 1 heterocycles. The lowest BCUT2D eigenvalue weighted by Crippen LogP contribution is -1.99. The van der Waals surface area contributed by atoms with E-state index in [0.717, 1.165) is 11.3 Å². The number of nitrogens with one attached hydrogen (secondary N) is 1. The van der Waals surface area contributed by atoms with Crippen molar-refractivity contribution < 1.29 is 4.74 Å². The first-order chi connectivity index (χ1) is 9.22. The Kier molecular flexibility index (Phi) is 3.84. The number of ether oxygens (including phenoxy) is 1. The van der Waals surface area contributed by atoms with E-state index in [1.807, 2.05) is 24.3 Å². The highest BCUT2D eigenvalue weighted by molar-refractivity contribution is 5.60. The van der Waals surface area contributed by atoms with Crippen LogP contribution < -0.4 is 15.8 Å². The molecule has 0 saturated carbocycles. The Morgan fingerprint density at radius 2 is 2.00 bits per heavy atom. The minimum Gasteiger partial charge on any atom is -0.479 e. The van der Waals surface area contributed by atoms with E-state index in [4.69, 9.17) is 15.7 Å². The first-order valence-electron chi connectivity index (χ1n) is 5.76. The number of aromatic nitrogens is 1. The highest BCUT2D eigenvalue weighted by Gasteiger charge is 2.03. The molecule has 2 aromatic rings. The summed E-state index contributed by atoms with van der Waals surface area (Å²) < 4.78 is 5.06. The van der Waals surface area contributed by atoms with Gasteiger partial charge in [0.1, 0.15) is 5.82 Å². The van der Waals surface area contributed by atoms with E-state index in [1.165, 1.54) is 7.11 Å². The second-order valence-electron chi connectivity index (χ2n) is 3.95. The van der Waals surface area contributed by atoms with Crippen LogP contribution in [0.15, 0.2) is 36.4 Å². The normalized spacial score (nSPS) is 9.68. The molecule has 5 heteroatoms. The molecule has 96 valence electrons. The van der Waals surface area contributed by atoms with Gasteiger partial charge in [0, 0.05) is 5.69 Å². The van der Waals surface area contributed by atoms with Gasteiger partial charge >= 0.3 is 0 Å². The van der Waals surface area contributed by atoms with Crippen molar-refractivity contribution in [2.24, 2.45) is 0 Å². The maximum Gasteiger partial charge on any atom is 0.238 e. The number of rotatable bonds is 4. The summed E-state index contributed by atoms with van der Waals surface area (Å²) in [6, 6.07) is 13.2. The van der Waals surface area contributed by atoms with Crippen LogP contribution in [-0.4, -0.2) is 12.1 Å². The molecule has 1 aromatic carbocycles. The summed E-state index contributed by atoms with van der Waals surface area (Å²) >= 11 is 0. The average Bonchev–Trinajstić information content (AvgIpc) is 2.43. The number of anilines is 3. The monoisotopic (exact) mass is 254 g/mol. The van der Waals surface area contributed by atoms with Crippen LogP contribution in [-0.2, 0) is 6.42 Å². The summed E-state index contributed by atoms with van der Waals surface area (Å²) in [5.41, 5.74) is 8.07. The zero-order valence-corrected chi connectivity index (χ0v) is 10.6. The molecule has 0 fully saturated rings. The van der Waals surface area contributed by atoms with Gasteiger partial charge in [-0.1, -0.05) is 12.1 Å². The summed E-state index contributed by atoms with van der Waals surface area (Å²) in [5.74, 6) is 1.05. The summed E-state index contributed by atoms with van der Waals surface area (Å²) in [6.07, 6.45) is 0.411. The molecule has 0 aliphatic rings. The lowest BCUT2D eigenvalue weighted by molar-refractivity contribution is 0.401. The Morgan fingerprint density at radius 3 is 2.63 bits per heavy atom. The minimum atomic E-state index is 0.395. The molecule has 0 unspecified atom stereocenters. The van der Waals surface area contributed by atoms with E-state index in [1.54, 1.807) is 12.1 Å². The van der Waals surface area contributed by atoms with Crippen LogP contribution in [0.2, 0.25) is 0 Å². The number of nitrogens with two attached hydrogens (primary N) is 1. The summed E-state index contributed by atoms with van der Waals surface area (Å²) in [6.45, 7) is 0. The predicted molar refractivity (Wildman–Crippen MR) is 74.2 cm³/mol. The first-order valence-corrected chi connectivity index (χ1v) is 5.76. The number of hydrogen-bond donors (Lipinski definition) is 2. The van der Waals surface area contributed by atoms with E-state index in [9.17, 15) is 0 Å². The number of nitriles is 1. The molecule has 0 aliphatic heterocycles. The average molecular weight is 254 g/mol. The molecule has 0 amide bonds. The van der Waals surface area contributed by atoms with Crippen LogP contribution in [0.25, 0.3) is 0 Å². The predicted octanol–water partition coefficient (Wildman–Crippen LogP) is 2.48. The minimum absolute atomic E-state index is 0.395. The molecule has 5 nitrogen and oxygen atoms in total. The van der Waals surface area contributed by atoms with Crippen molar-refractivity contribution in [1.82, 2.24) is 4.98 Å². The van der Waals surface area contributed by atoms with Gasteiger partial charge in [0.2, 0.25) is 5.88 Å². The van der Waals surface area contributed by atoms with Crippen molar-refractivity contribution in [2.45, 2.75) is 6.42 Å². The maximum atomic E-state index is 8.61. The molecule has 0 atom stereocenters. The van der Waals surface area contributed by atoms with Gasteiger partial charge in [0.25, 0.3) is 0 Å². The number of benzene rings is 1. The van der Waals surface area contributed by atoms with Crippen LogP contribution in [0.3, 0.4) is 0 Å². The third-order valence-corrected chi connectivity index (χ3v) is 2.59. The van der Waals surface area contributed by atoms with Crippen molar-refractivity contribution in [1.29, 1.82) is 5.26 Å². The van der Waals surface area contributed by atoms with Gasteiger partial charge in [0.05, 0.1) is 25.3 Å². The third kappa shape index (κ3) is 3.13. The third-order valence-electron chi connectivity index (χ3n) is 2.59. The molecule has 1 aromatic heterocycles. The van der Waals surface area contributed by atoms with Gasteiger partial charge in [-0.15, -0.1) is 0 Å². The standard InChI is InChI=1S/C14H14N4O/c1-19-14-12(16)6-7-13(18-14)17-11-4-2-10(3-5-11)8-9-15/h2-7H,8,16H2,1H3,(H,17,18). The van der Waals surface area contributed by atoms with Crippen molar-refractivity contribution >= 4 is 17.2 Å². The fraction of sp³-hybridized carbons (Fsp3) is 0.143. The van der Waals surface area contributed by atoms with Crippen LogP contribution in [0, 0.1) is 11.3 Å². The highest BCUT2D eigenvalue weighted by atomic mass is 16.5. The van der Waals surface area contributed by atoms with Crippen molar-refractivity contribution in [3.05, 3.63) is 42.0 Å². The Labute approximate surface area is 111 Å². The van der Waals surface area contributed by atoms with E-state index >= 15 is 0 Å². The molecule has 3 N–H and O–H groups in total. The highest BCUT2D eigenvalue weighted by Crippen LogP contribution is 2.22. The van der Waals surface area contributed by atoms with Gasteiger partial charge < -0.3 is 15.8 Å². The molecular formula is C14H14N4O. The van der Waals surface area contributed by atoms with E-state index < -0.39 is 0 Å². The van der Waals surface area contributed by atoms with Gasteiger partial charge in [-0.3, -0.25) is 0 Å². The molecule has 0 radical (unpaired) electrons. The fourth-order valence-corrected chi connectivity index (χ4v) is 1.63. The Bertz CT molecular complexity index is 602. The van der Waals surface area contributed by atoms with Gasteiger partial charge in [0.15, 0.2) is 0 Å². The van der Waals surface area contributed by atoms with Crippen LogP contribution >= 0.6 is 0 Å². The lowest BCUT2D eigenvalue weighted by Gasteiger charge is -2.09. The smallest absolute Gasteiger partial charge is 0.238 e. The zero-order chi connectivity index (χ0) is 13.7. The SMILES string of the molecule is COc1nc(Nc2ccc(CC#N)cc2)ccc1N. The summed E-state index contributed by atoms with van der Waals surface area (Å²) in [5, 5.41) is 11.8. The van der Waals surface area contributed by atoms with Crippen molar-refractivity contribution in [2.75, 3.05) is 18.2 Å². The van der Waals surface area contributed by atoms with Crippen molar-refractivity contribution in [3.63, 3.8) is 0 Å². The van der Waals surface area contributed by atoms with E-state index in [2.05, 4.69) is 16.4 Å². The molecule has 19 heavy (non-hydrogen) atoms. The molecule has 0 bridgehead atoms. The van der Waals surface area contributed by atoms with Gasteiger partial charge in [-0.2, -0.15) is 10.2 Å². The Balaban J connectivity index is 2.14. The number of hydrogen-bond acceptors (Lipinski definition) is 5. The quantitative estimate of drug-likeness (QED) is 0.875. The molecule has 0 aliphatic carbocycles. The molecular weight excluding hydrogens is 240 g/mol. The zero-order valence-electron chi connectivity index (χ0n) is 10.6. The number of methoxy groups -OCH3 is 1. The molecule has 0 spiro atoms. The van der Waals surface area contributed by atoms with E-state index in [0.29, 0.717) is 23.8 Å². The van der Waals surface area contributed by atoms with Crippen LogP contribution in [0.1, 0.15) is 5.56 Å². The topological polar surface area (TPSA) is 84.0 Å². The van der Waals surface area contributed by atoms with Crippen molar-refractivity contribution in [3.8, 4) is 11.9 Å². The van der Waals surface area contributed by atoms with Gasteiger partial charge in [-0.05, 0) is 29.8 Å². The van der Waals surface area contributed by atoms with Crippen LogP contribution in [0.4, 0.5) is 17.2 Å². The van der Waals surface area contributed by atoms with Gasteiger partial charge in [-0.25, -0.2) is 0 Å². The van der Waals surface area contributed by atoms with Crippen LogP contribution in [0.5, 0.6) is 5.88 Å². The Hall–Kier alpha value is -2.74. The summed E-state index contributed by atoms with van der Waals surface area (Å²) in [7, 11) is 1.53. The number of nitrogens with zero attached hydrogens (tertiary/aromatic N) is 2. The Morgan fingerprint density at radius 1 is 1.26 bits per heavy atom. The number of pyridine rings is 1. The molecule has 0 saturated heterocycles. The molecule has 2 rings (SSSR count). The number of nitrogen functional groups attached to an aromatic ring is 1. The second kappa shape index (κ2) is 5.74. The first kappa shape index (κ1) is 12.7. The lowest BCUT2D eigenvalue weighted by atomic mass is 10.1. The maximum absolute atomic E-state index is 8.61. The van der Waals surface area contributed by atoms with E-state index in [-0.39, 0.29) is 0 Å². The summed E-state index contributed by atoms with van der Waals surface area (Å²) in [4.78, 5) is 4.23.